The van der Waals surface area contributed by atoms with Crippen LogP contribution in [0.15, 0.2) is 0 Å². The number of rotatable bonds is 84. The van der Waals surface area contributed by atoms with Gasteiger partial charge in [0.15, 0.2) is 12.2 Å². The van der Waals surface area contributed by atoms with E-state index in [2.05, 4.69) is 48.5 Å². The zero-order valence-electron chi connectivity index (χ0n) is 69.2. The molecule has 0 spiro atoms. The number of carbonyl (C=O) groups is 4. The van der Waals surface area contributed by atoms with Crippen LogP contribution in [0.2, 0.25) is 0 Å². The third kappa shape index (κ3) is 75.9. The fraction of sp³-hybridized carbons (Fsp3) is 0.953. The van der Waals surface area contributed by atoms with E-state index in [9.17, 15) is 43.2 Å². The number of aliphatic hydroxyl groups is 1. The molecule has 0 aromatic rings. The van der Waals surface area contributed by atoms with E-state index >= 15 is 0 Å². The second-order valence-corrected chi connectivity index (χ2v) is 34.6. The summed E-state index contributed by atoms with van der Waals surface area (Å²) in [4.78, 5) is 73.2. The van der Waals surface area contributed by atoms with Crippen molar-refractivity contribution in [1.29, 1.82) is 0 Å². The molecule has 5 unspecified atom stereocenters. The largest absolute Gasteiger partial charge is 0.472 e. The van der Waals surface area contributed by atoms with Crippen molar-refractivity contribution in [3.05, 3.63) is 0 Å². The predicted octanol–water partition coefficient (Wildman–Crippen LogP) is 26.1. The van der Waals surface area contributed by atoms with Gasteiger partial charge in [0.05, 0.1) is 26.4 Å². The Hall–Kier alpha value is -1.94. The van der Waals surface area contributed by atoms with Gasteiger partial charge in [-0.05, 0) is 43.4 Å². The first kappa shape index (κ1) is 103. The normalized spacial score (nSPS) is 14.6. The topological polar surface area (TPSA) is 237 Å². The van der Waals surface area contributed by atoms with Crippen LogP contribution in [-0.2, 0) is 65.4 Å². The van der Waals surface area contributed by atoms with Crippen molar-refractivity contribution in [3.8, 4) is 0 Å². The summed E-state index contributed by atoms with van der Waals surface area (Å²) in [6.07, 6.45) is 66.6. The third-order valence-corrected chi connectivity index (χ3v) is 23.1. The summed E-state index contributed by atoms with van der Waals surface area (Å²) in [5.41, 5.74) is 0. The summed E-state index contributed by atoms with van der Waals surface area (Å²) in [5.74, 6) is 0.347. The highest BCUT2D eigenvalue weighted by molar-refractivity contribution is 7.47. The molecule has 624 valence electrons. The number of ether oxygens (including phenoxy) is 4. The minimum atomic E-state index is -4.97. The Morgan fingerprint density at radius 3 is 0.676 bits per heavy atom. The summed E-state index contributed by atoms with van der Waals surface area (Å²) >= 11 is 0. The minimum Gasteiger partial charge on any atom is -0.462 e. The molecular weight excluding hydrogens is 1370 g/mol. The van der Waals surface area contributed by atoms with E-state index in [4.69, 9.17) is 37.0 Å². The van der Waals surface area contributed by atoms with Gasteiger partial charge < -0.3 is 33.8 Å². The molecule has 0 aromatic heterocycles. The van der Waals surface area contributed by atoms with Crippen molar-refractivity contribution < 1.29 is 80.2 Å². The van der Waals surface area contributed by atoms with Crippen LogP contribution < -0.4 is 0 Å². The summed E-state index contributed by atoms with van der Waals surface area (Å²) in [7, 11) is -9.93. The maximum atomic E-state index is 13.1. The first-order valence-corrected chi connectivity index (χ1v) is 47.5. The van der Waals surface area contributed by atoms with Crippen LogP contribution in [0.25, 0.3) is 0 Å². The number of esters is 4. The molecule has 0 radical (unpaired) electrons. The lowest BCUT2D eigenvalue weighted by Crippen LogP contribution is -2.30. The maximum absolute atomic E-state index is 13.1. The molecule has 0 fully saturated rings. The molecule has 0 saturated heterocycles. The van der Waals surface area contributed by atoms with Gasteiger partial charge in [-0.3, -0.25) is 37.3 Å². The third-order valence-electron chi connectivity index (χ3n) is 21.2. The molecule has 0 aliphatic rings. The molecule has 3 N–H and O–H groups in total. The van der Waals surface area contributed by atoms with Gasteiger partial charge in [0.25, 0.3) is 0 Å². The minimum absolute atomic E-state index is 0.107. The average molecular weight is 1540 g/mol. The van der Waals surface area contributed by atoms with Gasteiger partial charge in [0.1, 0.15) is 19.3 Å². The maximum Gasteiger partial charge on any atom is 0.472 e. The first-order valence-electron chi connectivity index (χ1n) is 44.5. The van der Waals surface area contributed by atoms with Crippen LogP contribution in [0.5, 0.6) is 0 Å². The number of unbranched alkanes of at least 4 members (excludes halogenated alkanes) is 49. The Labute approximate surface area is 645 Å². The number of hydrogen-bond acceptors (Lipinski definition) is 15. The molecule has 0 aliphatic carbocycles. The number of hydrogen-bond donors (Lipinski definition) is 3. The highest BCUT2D eigenvalue weighted by Crippen LogP contribution is 2.45. The second-order valence-electron chi connectivity index (χ2n) is 31.7. The zero-order chi connectivity index (χ0) is 77.2. The van der Waals surface area contributed by atoms with Gasteiger partial charge in [-0.2, -0.15) is 0 Å². The van der Waals surface area contributed by atoms with Crippen molar-refractivity contribution in [3.63, 3.8) is 0 Å². The summed E-state index contributed by atoms with van der Waals surface area (Å²) in [5, 5.41) is 10.7. The number of aliphatic hydroxyl groups excluding tert-OH is 1. The average Bonchev–Trinajstić information content (AvgIpc) is 0.908. The fourth-order valence-electron chi connectivity index (χ4n) is 13.3. The Morgan fingerprint density at radius 1 is 0.267 bits per heavy atom. The van der Waals surface area contributed by atoms with Crippen LogP contribution in [0.1, 0.15) is 453 Å². The SMILES string of the molecule is CCCCCCCCCCCCCCCCCC(=O)O[C@H](COC(=O)CCCCCCCCC(C)CC)COP(=O)(O)OC[C@H](O)COP(=O)(O)OC[C@@H](COC(=O)CCCCCCCCCCCCCCCCC(C)CC)OC(=O)CCCCCCCCCCCCCCCCCCCCC(C)CC. The molecule has 17 nitrogen and oxygen atoms in total. The van der Waals surface area contributed by atoms with Gasteiger partial charge in [-0.25, -0.2) is 9.13 Å². The van der Waals surface area contributed by atoms with Crippen LogP contribution in [0.4, 0.5) is 0 Å². The van der Waals surface area contributed by atoms with Crippen molar-refractivity contribution in [2.24, 2.45) is 17.8 Å². The van der Waals surface area contributed by atoms with E-state index in [-0.39, 0.29) is 25.7 Å². The molecule has 0 bridgehead atoms. The van der Waals surface area contributed by atoms with Crippen LogP contribution in [0.3, 0.4) is 0 Å². The Balaban J connectivity index is 5.23. The summed E-state index contributed by atoms with van der Waals surface area (Å²) < 4.78 is 68.9. The Kier molecular flexibility index (Phi) is 74.7. The van der Waals surface area contributed by atoms with Crippen molar-refractivity contribution in [2.45, 2.75) is 471 Å². The van der Waals surface area contributed by atoms with Gasteiger partial charge in [-0.15, -0.1) is 0 Å². The summed E-state index contributed by atoms with van der Waals surface area (Å²) in [6, 6.07) is 0. The molecule has 105 heavy (non-hydrogen) atoms. The Morgan fingerprint density at radius 2 is 0.457 bits per heavy atom. The van der Waals surface area contributed by atoms with Crippen LogP contribution in [-0.4, -0.2) is 96.7 Å². The summed E-state index contributed by atoms with van der Waals surface area (Å²) in [6.45, 7) is 12.1. The van der Waals surface area contributed by atoms with E-state index in [0.717, 1.165) is 114 Å². The van der Waals surface area contributed by atoms with Crippen LogP contribution >= 0.6 is 15.6 Å². The lowest BCUT2D eigenvalue weighted by molar-refractivity contribution is -0.161. The standard InChI is InChI=1S/C86H168O17P2/c1-8-12-13-14-15-16-17-18-23-31-36-41-46-55-62-70-86(91)103-82(74-97-84(89)68-61-54-49-48-52-59-66-79(7)11-4)76-101-105(94,95)99-72-80(87)71-98-104(92,93)100-75-81(73-96-83(88)67-60-53-45-40-35-30-27-26-29-34-39-44-51-58-65-78(6)10-3)102-85(90)69-63-56-47-42-37-32-25-22-20-19-21-24-28-33-38-43-50-57-64-77(5)9-2/h77-82,87H,8-76H2,1-7H3,(H,92,93)(H,94,95)/t77?,78?,79?,80-,81-,82-/m1/s1. The molecule has 0 heterocycles. The molecule has 0 saturated carbocycles. The lowest BCUT2D eigenvalue weighted by Gasteiger charge is -2.21. The van der Waals surface area contributed by atoms with Crippen LogP contribution in [0, 0.1) is 17.8 Å². The van der Waals surface area contributed by atoms with E-state index in [0.29, 0.717) is 25.7 Å². The van der Waals surface area contributed by atoms with E-state index in [1.54, 1.807) is 0 Å². The first-order chi connectivity index (χ1) is 50.8. The van der Waals surface area contributed by atoms with Crippen molar-refractivity contribution >= 4 is 39.5 Å². The predicted molar refractivity (Wildman–Crippen MR) is 432 cm³/mol. The molecule has 19 heteroatoms. The highest BCUT2D eigenvalue weighted by Gasteiger charge is 2.31. The molecule has 0 amide bonds. The zero-order valence-corrected chi connectivity index (χ0v) is 71.0. The number of carbonyl (C=O) groups excluding carboxylic acids is 4. The lowest BCUT2D eigenvalue weighted by atomic mass is 9.99. The van der Waals surface area contributed by atoms with Gasteiger partial charge in [-0.1, -0.05) is 402 Å². The molecule has 0 rings (SSSR count). The molecule has 0 aromatic carbocycles. The monoisotopic (exact) mass is 1540 g/mol. The van der Waals surface area contributed by atoms with E-state index in [1.165, 1.54) is 257 Å². The molecule has 0 aliphatic heterocycles. The van der Waals surface area contributed by atoms with E-state index in [1.807, 2.05) is 0 Å². The van der Waals surface area contributed by atoms with Crippen molar-refractivity contribution in [2.75, 3.05) is 39.6 Å². The van der Waals surface area contributed by atoms with Crippen molar-refractivity contribution in [1.82, 2.24) is 0 Å². The van der Waals surface area contributed by atoms with Gasteiger partial charge in [0, 0.05) is 25.7 Å². The number of phosphoric acid groups is 2. The quantitative estimate of drug-likeness (QED) is 0.0222. The fourth-order valence-corrected chi connectivity index (χ4v) is 14.9. The molecular formula is C86H168O17P2. The van der Waals surface area contributed by atoms with E-state index < -0.39 is 97.5 Å². The Bertz CT molecular complexity index is 2030. The van der Waals surface area contributed by atoms with Gasteiger partial charge in [0.2, 0.25) is 0 Å². The molecule has 8 atom stereocenters. The number of phosphoric ester groups is 2. The van der Waals surface area contributed by atoms with Gasteiger partial charge >= 0.3 is 39.5 Å². The smallest absolute Gasteiger partial charge is 0.462 e. The second kappa shape index (κ2) is 76.1. The highest BCUT2D eigenvalue weighted by atomic mass is 31.2.